The fourth-order valence-electron chi connectivity index (χ4n) is 11.6. The molecular weight excluding hydrogens is 821 g/mol. The smallest absolute Gasteiger partial charge is 0.0541 e. The molecule has 0 aliphatic heterocycles. The number of nitrogens with zero attached hydrogens (tertiary/aromatic N) is 2. The van der Waals surface area contributed by atoms with Gasteiger partial charge in [-0.2, -0.15) is 0 Å². The zero-order valence-corrected chi connectivity index (χ0v) is 38.8. The van der Waals surface area contributed by atoms with Crippen molar-refractivity contribution in [2.24, 2.45) is 0 Å². The van der Waals surface area contributed by atoms with Gasteiger partial charge in [-0.25, -0.2) is 0 Å². The van der Waals surface area contributed by atoms with Crippen molar-refractivity contribution in [3.63, 3.8) is 0 Å². The van der Waals surface area contributed by atoms with Crippen molar-refractivity contribution in [2.45, 2.75) is 38.5 Å². The molecule has 0 saturated carbocycles. The Morgan fingerprint density at radius 3 is 1.28 bits per heavy atom. The second kappa shape index (κ2) is 15.2. The Balaban J connectivity index is 0.823. The molecule has 0 bridgehead atoms. The number of anilines is 3. The van der Waals surface area contributed by atoms with Crippen LogP contribution in [0.5, 0.6) is 0 Å². The van der Waals surface area contributed by atoms with Crippen molar-refractivity contribution in [1.82, 2.24) is 4.57 Å². The van der Waals surface area contributed by atoms with Crippen LogP contribution >= 0.6 is 0 Å². The summed E-state index contributed by atoms with van der Waals surface area (Å²) in [4.78, 5) is 2.39. The topological polar surface area (TPSA) is 8.17 Å². The van der Waals surface area contributed by atoms with E-state index < -0.39 is 0 Å². The third-order valence-corrected chi connectivity index (χ3v) is 15.2. The molecule has 0 fully saturated rings. The van der Waals surface area contributed by atoms with Gasteiger partial charge in [0.15, 0.2) is 0 Å². The lowest BCUT2D eigenvalue weighted by atomic mass is 9.80. The van der Waals surface area contributed by atoms with Crippen LogP contribution in [0.3, 0.4) is 0 Å². The number of hydrogen-bond donors (Lipinski definition) is 0. The van der Waals surface area contributed by atoms with Gasteiger partial charge in [-0.1, -0.05) is 173 Å². The monoisotopic (exact) mass is 870 g/mol. The van der Waals surface area contributed by atoms with E-state index in [9.17, 15) is 0 Å². The molecule has 10 aromatic carbocycles. The first-order valence-electron chi connectivity index (χ1n) is 23.9. The summed E-state index contributed by atoms with van der Waals surface area (Å²) in [5, 5.41) is 2.55. The Morgan fingerprint density at radius 2 is 0.691 bits per heavy atom. The summed E-state index contributed by atoms with van der Waals surface area (Å²) in [6.45, 7) is 9.59. The Labute approximate surface area is 399 Å². The van der Waals surface area contributed by atoms with Crippen LogP contribution in [-0.4, -0.2) is 4.57 Å². The molecule has 2 aliphatic rings. The molecule has 2 nitrogen and oxygen atoms in total. The highest BCUT2D eigenvalue weighted by Crippen LogP contribution is 2.54. The largest absolute Gasteiger partial charge is 0.310 e. The van der Waals surface area contributed by atoms with Gasteiger partial charge < -0.3 is 9.47 Å². The quantitative estimate of drug-likeness (QED) is 0.155. The molecule has 1 aromatic heterocycles. The van der Waals surface area contributed by atoms with Gasteiger partial charge in [0, 0.05) is 44.4 Å². The molecule has 0 saturated heterocycles. The number of fused-ring (bicyclic) bond motifs is 9. The van der Waals surface area contributed by atoms with Crippen LogP contribution in [0.1, 0.15) is 49.9 Å². The molecule has 0 amide bonds. The highest BCUT2D eigenvalue weighted by molar-refractivity contribution is 6.10. The van der Waals surface area contributed by atoms with E-state index in [1.165, 1.54) is 105 Å². The van der Waals surface area contributed by atoms with Gasteiger partial charge in [0.05, 0.1) is 11.0 Å². The van der Waals surface area contributed by atoms with Crippen LogP contribution in [0.2, 0.25) is 0 Å². The summed E-state index contributed by atoms with van der Waals surface area (Å²) in [6.07, 6.45) is 0. The molecule has 0 atom stereocenters. The minimum atomic E-state index is -0.196. The van der Waals surface area contributed by atoms with Crippen LogP contribution in [0.15, 0.2) is 231 Å². The predicted octanol–water partition coefficient (Wildman–Crippen LogP) is 17.9. The van der Waals surface area contributed by atoms with Crippen molar-refractivity contribution in [3.8, 4) is 61.3 Å². The molecule has 13 rings (SSSR count). The van der Waals surface area contributed by atoms with Crippen LogP contribution < -0.4 is 4.90 Å². The Morgan fingerprint density at radius 1 is 0.294 bits per heavy atom. The molecule has 1 heterocycles. The van der Waals surface area contributed by atoms with Crippen LogP contribution in [0.4, 0.5) is 17.1 Å². The van der Waals surface area contributed by atoms with Crippen molar-refractivity contribution in [1.29, 1.82) is 0 Å². The minimum absolute atomic E-state index is 0.167. The summed E-state index contributed by atoms with van der Waals surface area (Å²) in [5.74, 6) is 0. The van der Waals surface area contributed by atoms with Crippen molar-refractivity contribution in [3.05, 3.63) is 253 Å². The SMILES string of the molecule is CC1(C)c2cc(-c3ccc4c(c3)C(C)(C)c3cc(N(c5ccccc5)c5ccc(-c6ccccc6)cc5)ccc3-4)ccc2-c2ccc(-c3ccc4c(c3)c3ccccc3n4-c3ccccc3)cc21. The normalized spacial score (nSPS) is 13.8. The van der Waals surface area contributed by atoms with Crippen LogP contribution in [0, 0.1) is 0 Å². The maximum absolute atomic E-state index is 2.47. The van der Waals surface area contributed by atoms with E-state index in [1.807, 2.05) is 0 Å². The Hall–Kier alpha value is -8.20. The lowest BCUT2D eigenvalue weighted by Crippen LogP contribution is -2.17. The van der Waals surface area contributed by atoms with E-state index in [4.69, 9.17) is 0 Å². The van der Waals surface area contributed by atoms with E-state index in [0.717, 1.165) is 17.1 Å². The summed E-state index contributed by atoms with van der Waals surface area (Å²) in [7, 11) is 0. The fraction of sp³-hybridized carbons (Fsp3) is 0.0909. The molecule has 2 heteroatoms. The summed E-state index contributed by atoms with van der Waals surface area (Å²) >= 11 is 0. The number of hydrogen-bond acceptors (Lipinski definition) is 1. The van der Waals surface area contributed by atoms with Crippen molar-refractivity contribution in [2.75, 3.05) is 4.90 Å². The summed E-state index contributed by atoms with van der Waals surface area (Å²) in [5.41, 5.74) is 24.9. The molecule has 0 N–H and O–H groups in total. The van der Waals surface area contributed by atoms with E-state index in [1.54, 1.807) is 0 Å². The third kappa shape index (κ3) is 6.17. The summed E-state index contributed by atoms with van der Waals surface area (Å²) < 4.78 is 2.39. The Bertz CT molecular complexity index is 3760. The maximum atomic E-state index is 2.47. The van der Waals surface area contributed by atoms with E-state index in [0.29, 0.717) is 0 Å². The highest BCUT2D eigenvalue weighted by atomic mass is 15.1. The van der Waals surface area contributed by atoms with Crippen LogP contribution in [0.25, 0.3) is 83.1 Å². The molecule has 0 spiro atoms. The first-order valence-corrected chi connectivity index (χ1v) is 23.9. The highest BCUT2D eigenvalue weighted by Gasteiger charge is 2.38. The number of para-hydroxylation sites is 3. The van der Waals surface area contributed by atoms with Gasteiger partial charge in [-0.15, -0.1) is 0 Å². The van der Waals surface area contributed by atoms with Gasteiger partial charge >= 0.3 is 0 Å². The van der Waals surface area contributed by atoms with E-state index in [-0.39, 0.29) is 10.8 Å². The molecule has 68 heavy (non-hydrogen) atoms. The van der Waals surface area contributed by atoms with E-state index >= 15 is 0 Å². The fourth-order valence-corrected chi connectivity index (χ4v) is 11.6. The van der Waals surface area contributed by atoms with Crippen molar-refractivity contribution >= 4 is 38.9 Å². The molecule has 11 aromatic rings. The second-order valence-electron chi connectivity index (χ2n) is 19.8. The zero-order valence-electron chi connectivity index (χ0n) is 38.8. The summed E-state index contributed by atoms with van der Waals surface area (Å²) in [6, 6.07) is 85.3. The first-order chi connectivity index (χ1) is 33.2. The molecule has 2 aliphatic carbocycles. The molecule has 324 valence electrons. The van der Waals surface area contributed by atoms with E-state index in [2.05, 4.69) is 268 Å². The Kier molecular flexibility index (Phi) is 8.95. The van der Waals surface area contributed by atoms with Gasteiger partial charge in [-0.3, -0.25) is 0 Å². The van der Waals surface area contributed by atoms with Gasteiger partial charge in [0.1, 0.15) is 0 Å². The average molecular weight is 871 g/mol. The predicted molar refractivity (Wildman–Crippen MR) is 287 cm³/mol. The van der Waals surface area contributed by atoms with Gasteiger partial charge in [0.25, 0.3) is 0 Å². The average Bonchev–Trinajstić information content (AvgIpc) is 3.93. The number of aromatic nitrogens is 1. The lowest BCUT2D eigenvalue weighted by molar-refractivity contribution is 0.659. The molecular formula is C66H50N2. The van der Waals surface area contributed by atoms with Gasteiger partial charge in [0.2, 0.25) is 0 Å². The molecule has 0 radical (unpaired) electrons. The number of benzene rings is 10. The maximum Gasteiger partial charge on any atom is 0.0541 e. The second-order valence-corrected chi connectivity index (χ2v) is 19.8. The van der Waals surface area contributed by atoms with Crippen LogP contribution in [-0.2, 0) is 10.8 Å². The zero-order chi connectivity index (χ0) is 45.7. The third-order valence-electron chi connectivity index (χ3n) is 15.2. The molecule has 0 unspecified atom stereocenters. The lowest BCUT2D eigenvalue weighted by Gasteiger charge is -2.28. The number of rotatable bonds is 7. The first kappa shape index (κ1) is 40.1. The van der Waals surface area contributed by atoms with Crippen molar-refractivity contribution < 1.29 is 0 Å². The standard InChI is InChI=1S/C66H50N2/c1-65(2)59-39-46(45-29-37-64-58(38-45)57-22-14-15-23-63(57)68(64)50-20-12-7-13-21-50)26-33-53(59)54-34-27-47(40-60(54)65)48-28-35-55-56-36-32-52(42-62(56)66(3,4)61(55)41-48)67(49-18-10-6-11-19-49)51-30-24-44(25-31-51)43-16-8-5-9-17-43/h5-42H,1-4H3. The van der Waals surface area contributed by atoms with Gasteiger partial charge in [-0.05, 0) is 163 Å². The minimum Gasteiger partial charge on any atom is -0.310 e.